The number of rotatable bonds is 9. The van der Waals surface area contributed by atoms with Crippen molar-refractivity contribution in [1.29, 1.82) is 0 Å². The molecule has 0 unspecified atom stereocenters. The summed E-state index contributed by atoms with van der Waals surface area (Å²) in [4.78, 5) is 27.0. The molecule has 0 bridgehead atoms. The predicted octanol–water partition coefficient (Wildman–Crippen LogP) is 0.577. The highest BCUT2D eigenvalue weighted by molar-refractivity contribution is 5.88. The van der Waals surface area contributed by atoms with E-state index in [1.54, 1.807) is 0 Å². The van der Waals surface area contributed by atoms with Crippen LogP contribution in [0, 0.1) is 0 Å². The van der Waals surface area contributed by atoms with Crippen LogP contribution in [0.5, 0.6) is 28.7 Å². The monoisotopic (exact) mass is 740 g/mol. The van der Waals surface area contributed by atoms with E-state index < -0.39 is 102 Å². The molecule has 6 rings (SSSR count). The molecule has 0 saturated carbocycles. The molecule has 17 heteroatoms. The number of fused-ring (bicyclic) bond motifs is 1. The summed E-state index contributed by atoms with van der Waals surface area (Å²) in [6.07, 6.45) is -14.1. The van der Waals surface area contributed by atoms with Crippen LogP contribution >= 0.6 is 0 Å². The fourth-order valence-electron chi connectivity index (χ4n) is 5.82. The molecule has 2 fully saturated rings. The number of aliphatic hydroxyl groups is 5. The largest absolute Gasteiger partial charge is 0.508 e. The Morgan fingerprint density at radius 3 is 2.11 bits per heavy atom. The van der Waals surface area contributed by atoms with Gasteiger partial charge < -0.3 is 74.1 Å². The van der Waals surface area contributed by atoms with Gasteiger partial charge in [0.2, 0.25) is 17.5 Å². The van der Waals surface area contributed by atoms with Gasteiger partial charge in [-0.1, -0.05) is 12.1 Å². The Morgan fingerprint density at radius 1 is 0.774 bits per heavy atom. The van der Waals surface area contributed by atoms with E-state index in [4.69, 9.17) is 28.1 Å². The molecule has 53 heavy (non-hydrogen) atoms. The number of hydrogen-bond acceptors (Lipinski definition) is 17. The third-order valence-corrected chi connectivity index (χ3v) is 8.72. The first kappa shape index (κ1) is 37.5. The van der Waals surface area contributed by atoms with Gasteiger partial charge in [0.15, 0.2) is 18.2 Å². The molecular weight excluding hydrogens is 704 g/mol. The van der Waals surface area contributed by atoms with Crippen molar-refractivity contribution >= 4 is 23.0 Å². The van der Waals surface area contributed by atoms with Crippen molar-refractivity contribution in [2.24, 2.45) is 0 Å². The Kier molecular flexibility index (Phi) is 10.9. The Morgan fingerprint density at radius 2 is 1.43 bits per heavy atom. The molecule has 2 saturated heterocycles. The van der Waals surface area contributed by atoms with Crippen molar-refractivity contribution in [3.8, 4) is 40.1 Å². The molecule has 0 radical (unpaired) electrons. The Labute approximate surface area is 299 Å². The van der Waals surface area contributed by atoms with Crippen LogP contribution in [0.2, 0.25) is 0 Å². The van der Waals surface area contributed by atoms with Gasteiger partial charge in [-0.25, -0.2) is 4.79 Å². The van der Waals surface area contributed by atoms with Gasteiger partial charge in [0.25, 0.3) is 0 Å². The molecule has 9 N–H and O–H groups in total. The van der Waals surface area contributed by atoms with E-state index in [0.717, 1.165) is 18.2 Å². The minimum Gasteiger partial charge on any atom is -0.508 e. The minimum absolute atomic E-state index is 0.0116. The van der Waals surface area contributed by atoms with Crippen LogP contribution in [0.15, 0.2) is 76.0 Å². The van der Waals surface area contributed by atoms with E-state index in [0.29, 0.717) is 5.56 Å². The van der Waals surface area contributed by atoms with Gasteiger partial charge >= 0.3 is 5.97 Å². The summed E-state index contributed by atoms with van der Waals surface area (Å²) in [6, 6.07) is 13.0. The number of benzene rings is 3. The lowest BCUT2D eigenvalue weighted by atomic mass is 9.98. The molecule has 282 valence electrons. The first-order chi connectivity index (χ1) is 25.2. The maximum atomic E-state index is 14.0. The summed E-state index contributed by atoms with van der Waals surface area (Å²) in [5.41, 5.74) is -0.618. The quantitative estimate of drug-likeness (QED) is 0.0838. The zero-order chi connectivity index (χ0) is 38.1. The number of hydrogen-bond donors (Lipinski definition) is 9. The van der Waals surface area contributed by atoms with E-state index in [1.165, 1.54) is 61.5 Å². The number of aromatic hydroxyl groups is 4. The lowest BCUT2D eigenvalue weighted by molar-refractivity contribution is -0.319. The molecular formula is C36H36O17. The van der Waals surface area contributed by atoms with Gasteiger partial charge in [0.1, 0.15) is 70.6 Å². The molecule has 4 aromatic rings. The van der Waals surface area contributed by atoms with E-state index >= 15 is 0 Å². The van der Waals surface area contributed by atoms with E-state index in [9.17, 15) is 55.5 Å². The molecule has 3 heterocycles. The fraction of sp³-hybridized carbons (Fsp3) is 0.333. The summed E-state index contributed by atoms with van der Waals surface area (Å²) < 4.78 is 34.4. The van der Waals surface area contributed by atoms with Crippen molar-refractivity contribution in [2.75, 3.05) is 6.61 Å². The van der Waals surface area contributed by atoms with Gasteiger partial charge in [-0.3, -0.25) is 4.79 Å². The average molecular weight is 741 g/mol. The minimum atomic E-state index is -1.98. The maximum Gasteiger partial charge on any atom is 0.331 e. The molecule has 0 aliphatic carbocycles. The maximum absolute atomic E-state index is 14.0. The molecule has 10 atom stereocenters. The fourth-order valence-corrected chi connectivity index (χ4v) is 5.82. The summed E-state index contributed by atoms with van der Waals surface area (Å²) in [7, 11) is 0. The second kappa shape index (κ2) is 15.4. The van der Waals surface area contributed by atoms with Crippen molar-refractivity contribution in [3.63, 3.8) is 0 Å². The van der Waals surface area contributed by atoms with Gasteiger partial charge in [-0.05, 0) is 55.0 Å². The second-order valence-corrected chi connectivity index (χ2v) is 12.5. The summed E-state index contributed by atoms with van der Waals surface area (Å²) in [5.74, 6) is -3.27. The molecule has 2 aliphatic rings. The topological polar surface area (TPSA) is 275 Å². The third-order valence-electron chi connectivity index (χ3n) is 8.72. The summed E-state index contributed by atoms with van der Waals surface area (Å²) >= 11 is 0. The van der Waals surface area contributed by atoms with Crippen molar-refractivity contribution in [1.82, 2.24) is 0 Å². The van der Waals surface area contributed by atoms with E-state index in [1.807, 2.05) is 0 Å². The van der Waals surface area contributed by atoms with Crippen molar-refractivity contribution in [2.45, 2.75) is 68.3 Å². The highest BCUT2D eigenvalue weighted by Crippen LogP contribution is 2.38. The van der Waals surface area contributed by atoms with Crippen molar-refractivity contribution in [3.05, 3.63) is 82.5 Å². The Bertz CT molecular complexity index is 2010. The van der Waals surface area contributed by atoms with Gasteiger partial charge in [-0.15, -0.1) is 0 Å². The highest BCUT2D eigenvalue weighted by Gasteiger charge is 2.50. The molecule has 3 aromatic carbocycles. The second-order valence-electron chi connectivity index (χ2n) is 12.5. The van der Waals surface area contributed by atoms with E-state index in [2.05, 4.69) is 0 Å². The zero-order valence-electron chi connectivity index (χ0n) is 27.7. The normalized spacial score (nSPS) is 28.9. The van der Waals surface area contributed by atoms with Crippen LogP contribution in [0.3, 0.4) is 0 Å². The van der Waals surface area contributed by atoms with Crippen LogP contribution < -0.4 is 10.2 Å². The molecule has 17 nitrogen and oxygen atoms in total. The number of ether oxygens (including phenoxy) is 5. The number of phenols is 4. The third kappa shape index (κ3) is 7.92. The van der Waals surface area contributed by atoms with Crippen molar-refractivity contribution < 1.29 is 78.9 Å². The van der Waals surface area contributed by atoms with Crippen LogP contribution in [0.1, 0.15) is 12.5 Å². The number of carbonyl (C=O) groups is 1. The lowest BCUT2D eigenvalue weighted by Crippen LogP contribution is -2.62. The molecule has 0 amide bonds. The van der Waals surface area contributed by atoms with Gasteiger partial charge in [-0.2, -0.15) is 0 Å². The average Bonchev–Trinajstić information content (AvgIpc) is 3.12. The van der Waals surface area contributed by atoms with Crippen LogP contribution in [0.25, 0.3) is 28.4 Å². The van der Waals surface area contributed by atoms with Crippen LogP contribution in [-0.4, -0.2) is 120 Å². The SMILES string of the molecule is C[C@@H]1O[C@@H](OC[C@H]2O[C@@H](Oc3c(-c4ccc(O)cc4)oc4cc(O)cc(O)c4c3=O)[C@H](OC(=O)C=Cc3ccc(O)cc3)[C@@H](O)[C@@H]2O)[C@H](O)[C@H](O)[C@H]1O. The number of phenolic OH excluding ortho intramolecular Hbond substituents is 4. The number of aliphatic hydroxyl groups excluding tert-OH is 5. The van der Waals surface area contributed by atoms with Gasteiger partial charge in [0.05, 0.1) is 12.7 Å². The predicted molar refractivity (Wildman–Crippen MR) is 180 cm³/mol. The zero-order valence-corrected chi connectivity index (χ0v) is 27.7. The Balaban J connectivity index is 1.36. The molecule has 0 spiro atoms. The first-order valence-electron chi connectivity index (χ1n) is 16.2. The van der Waals surface area contributed by atoms with Crippen LogP contribution in [0.4, 0.5) is 0 Å². The lowest BCUT2D eigenvalue weighted by Gasteiger charge is -2.43. The smallest absolute Gasteiger partial charge is 0.331 e. The number of esters is 1. The van der Waals surface area contributed by atoms with Gasteiger partial charge in [0, 0.05) is 23.8 Å². The highest BCUT2D eigenvalue weighted by atomic mass is 16.7. The summed E-state index contributed by atoms with van der Waals surface area (Å²) in [5, 5.41) is 92.7. The van der Waals surface area contributed by atoms with Crippen LogP contribution in [-0.2, 0) is 23.7 Å². The molecule has 1 aromatic heterocycles. The summed E-state index contributed by atoms with van der Waals surface area (Å²) in [6.45, 7) is 0.776. The molecule has 2 aliphatic heterocycles. The number of carbonyl (C=O) groups excluding carboxylic acids is 1. The van der Waals surface area contributed by atoms with E-state index in [-0.39, 0.29) is 28.4 Å². The first-order valence-corrected chi connectivity index (χ1v) is 16.2. The standard InChI is InChI=1S/C36H36O17/c1-15-26(42)29(45)31(47)35(49-15)48-14-23-27(43)30(46)34(52-24(41)11-4-16-2-7-18(37)8-3-16)36(51-23)53-33-28(44)25-21(40)12-20(39)13-22(25)50-32(33)17-5-9-19(38)10-6-17/h2-13,15,23,26-27,29-31,34-40,42-43,45-47H,14H2,1H3/t15-,23+,26-,27+,29+,30-,31+,34+,35+,36-/m0/s1. The Hall–Kier alpha value is -5.24.